The van der Waals surface area contributed by atoms with E-state index >= 15 is 0 Å². The van der Waals surface area contributed by atoms with Crippen LogP contribution < -0.4 is 11.3 Å². The summed E-state index contributed by atoms with van der Waals surface area (Å²) >= 11 is 0. The first-order chi connectivity index (χ1) is 6.69. The highest BCUT2D eigenvalue weighted by Gasteiger charge is 2.04. The van der Waals surface area contributed by atoms with E-state index in [1.165, 1.54) is 0 Å². The van der Waals surface area contributed by atoms with Gasteiger partial charge >= 0.3 is 0 Å². The third-order valence-electron chi connectivity index (χ3n) is 2.14. The Kier molecular flexibility index (Phi) is 3.85. The van der Waals surface area contributed by atoms with Crippen molar-refractivity contribution in [3.8, 4) is 0 Å². The van der Waals surface area contributed by atoms with Crippen LogP contribution in [0.5, 0.6) is 0 Å². The summed E-state index contributed by atoms with van der Waals surface area (Å²) in [7, 11) is 0. The number of aliphatic hydroxyl groups excluding tert-OH is 1. The predicted octanol–water partition coefficient (Wildman–Crippen LogP) is -0.0646. The van der Waals surface area contributed by atoms with E-state index in [4.69, 9.17) is 10.8 Å². The molecule has 0 aromatic carbocycles. The smallest absolute Gasteiger partial charge is 0.255 e. The third kappa shape index (κ3) is 2.43. The number of pyridine rings is 1. The monoisotopic (exact) mass is 196 g/mol. The van der Waals surface area contributed by atoms with E-state index in [0.29, 0.717) is 12.1 Å². The summed E-state index contributed by atoms with van der Waals surface area (Å²) in [5.74, 6) is 0.0840. The van der Waals surface area contributed by atoms with Gasteiger partial charge in [-0.25, -0.2) is 0 Å². The van der Waals surface area contributed by atoms with Crippen molar-refractivity contribution in [3.05, 3.63) is 34.2 Å². The van der Waals surface area contributed by atoms with Crippen LogP contribution in [0.4, 0.5) is 0 Å². The van der Waals surface area contributed by atoms with E-state index in [2.05, 4.69) is 0 Å². The van der Waals surface area contributed by atoms with Gasteiger partial charge in [-0.15, -0.1) is 0 Å². The maximum Gasteiger partial charge on any atom is 0.255 e. The maximum absolute atomic E-state index is 11.7. The predicted molar refractivity (Wildman–Crippen MR) is 54.8 cm³/mol. The van der Waals surface area contributed by atoms with Crippen molar-refractivity contribution in [2.75, 3.05) is 6.61 Å². The highest BCUT2D eigenvalue weighted by molar-refractivity contribution is 5.09. The van der Waals surface area contributed by atoms with Crippen LogP contribution in [0.15, 0.2) is 23.1 Å². The molecule has 1 heterocycles. The van der Waals surface area contributed by atoms with Gasteiger partial charge < -0.3 is 15.4 Å². The molecule has 1 atom stereocenters. The normalized spacial score (nSPS) is 12.8. The first-order valence-electron chi connectivity index (χ1n) is 4.68. The Morgan fingerprint density at radius 1 is 1.64 bits per heavy atom. The molecule has 0 aliphatic carbocycles. The van der Waals surface area contributed by atoms with Crippen molar-refractivity contribution >= 4 is 0 Å². The van der Waals surface area contributed by atoms with Crippen LogP contribution in [-0.4, -0.2) is 16.3 Å². The summed E-state index contributed by atoms with van der Waals surface area (Å²) in [6, 6.07) is 3.52. The zero-order chi connectivity index (χ0) is 10.6. The largest absolute Gasteiger partial charge is 0.396 e. The highest BCUT2D eigenvalue weighted by Crippen LogP contribution is 1.98. The molecule has 14 heavy (non-hydrogen) atoms. The Balaban J connectivity index is 2.93. The van der Waals surface area contributed by atoms with Gasteiger partial charge in [0, 0.05) is 31.5 Å². The summed E-state index contributed by atoms with van der Waals surface area (Å²) in [6.45, 7) is 2.76. The Morgan fingerprint density at radius 2 is 2.36 bits per heavy atom. The summed E-state index contributed by atoms with van der Waals surface area (Å²) in [5, 5.41) is 8.87. The van der Waals surface area contributed by atoms with Gasteiger partial charge in [0.05, 0.1) is 0 Å². The number of aromatic nitrogens is 1. The Morgan fingerprint density at radius 3 is 2.93 bits per heavy atom. The van der Waals surface area contributed by atoms with E-state index < -0.39 is 0 Å². The summed E-state index contributed by atoms with van der Waals surface area (Å²) in [6.07, 6.45) is 1.72. The van der Waals surface area contributed by atoms with E-state index in [9.17, 15) is 4.79 Å². The van der Waals surface area contributed by atoms with Crippen LogP contribution in [0, 0.1) is 5.92 Å². The minimum absolute atomic E-state index is 0.0599. The molecule has 4 heteroatoms. The Bertz CT molecular complexity index is 346. The molecule has 0 saturated carbocycles. The lowest BCUT2D eigenvalue weighted by Crippen LogP contribution is -2.27. The minimum atomic E-state index is -0.0599. The van der Waals surface area contributed by atoms with Gasteiger partial charge in [0.15, 0.2) is 0 Å². The number of aliphatic hydroxyl groups is 1. The van der Waals surface area contributed by atoms with Crippen molar-refractivity contribution < 1.29 is 5.11 Å². The first-order valence-corrected chi connectivity index (χ1v) is 4.68. The second-order valence-corrected chi connectivity index (χ2v) is 3.48. The lowest BCUT2D eigenvalue weighted by molar-refractivity contribution is 0.222. The van der Waals surface area contributed by atoms with Gasteiger partial charge in [-0.1, -0.05) is 13.0 Å². The van der Waals surface area contributed by atoms with Crippen molar-refractivity contribution in [2.45, 2.75) is 20.0 Å². The fourth-order valence-electron chi connectivity index (χ4n) is 1.28. The molecule has 0 aliphatic heterocycles. The molecule has 1 unspecified atom stereocenters. The van der Waals surface area contributed by atoms with E-state index in [1.807, 2.05) is 6.92 Å². The number of rotatable bonds is 4. The van der Waals surface area contributed by atoms with Gasteiger partial charge in [0.1, 0.15) is 0 Å². The highest BCUT2D eigenvalue weighted by atomic mass is 16.3. The van der Waals surface area contributed by atoms with E-state index in [1.54, 1.807) is 22.9 Å². The lowest BCUT2D eigenvalue weighted by atomic mass is 10.2. The molecule has 1 rings (SSSR count). The molecular weight excluding hydrogens is 180 g/mol. The van der Waals surface area contributed by atoms with Crippen LogP contribution in [0.3, 0.4) is 0 Å². The molecule has 1 aromatic rings. The molecule has 0 aliphatic rings. The molecule has 78 valence electrons. The topological polar surface area (TPSA) is 68.2 Å². The molecule has 0 saturated heterocycles. The molecule has 0 radical (unpaired) electrons. The Hall–Kier alpha value is -1.13. The average Bonchev–Trinajstić information content (AvgIpc) is 2.21. The molecule has 0 amide bonds. The zero-order valence-electron chi connectivity index (χ0n) is 8.31. The number of hydrogen-bond donors (Lipinski definition) is 2. The van der Waals surface area contributed by atoms with Gasteiger partial charge in [-0.3, -0.25) is 4.79 Å². The lowest BCUT2D eigenvalue weighted by Gasteiger charge is -2.11. The van der Waals surface area contributed by atoms with E-state index in [-0.39, 0.29) is 24.6 Å². The molecule has 0 spiro atoms. The summed E-state index contributed by atoms with van der Waals surface area (Å²) < 4.78 is 1.59. The van der Waals surface area contributed by atoms with Crippen molar-refractivity contribution in [3.63, 3.8) is 0 Å². The van der Waals surface area contributed by atoms with Crippen LogP contribution in [0.2, 0.25) is 0 Å². The van der Waals surface area contributed by atoms with Gasteiger partial charge in [-0.05, 0) is 12.0 Å². The number of hydrogen-bond acceptors (Lipinski definition) is 3. The molecule has 1 aromatic heterocycles. The van der Waals surface area contributed by atoms with Gasteiger partial charge in [0.2, 0.25) is 0 Å². The van der Waals surface area contributed by atoms with Crippen molar-refractivity contribution in [1.29, 1.82) is 0 Å². The molecule has 0 bridgehead atoms. The van der Waals surface area contributed by atoms with Gasteiger partial charge in [0.25, 0.3) is 5.56 Å². The van der Waals surface area contributed by atoms with E-state index in [0.717, 1.165) is 0 Å². The molecule has 3 N–H and O–H groups in total. The van der Waals surface area contributed by atoms with Crippen LogP contribution in [-0.2, 0) is 13.1 Å². The quantitative estimate of drug-likeness (QED) is 0.708. The fourth-order valence-corrected chi connectivity index (χ4v) is 1.28. The van der Waals surface area contributed by atoms with Crippen molar-refractivity contribution in [1.82, 2.24) is 4.57 Å². The fraction of sp³-hybridized carbons (Fsp3) is 0.500. The van der Waals surface area contributed by atoms with Crippen LogP contribution >= 0.6 is 0 Å². The summed E-state index contributed by atoms with van der Waals surface area (Å²) in [4.78, 5) is 11.7. The number of nitrogens with zero attached hydrogens (tertiary/aromatic N) is 1. The SMILES string of the molecule is CC(CO)Cn1cccc(CN)c1=O. The van der Waals surface area contributed by atoms with Gasteiger partial charge in [-0.2, -0.15) is 0 Å². The minimum Gasteiger partial charge on any atom is -0.396 e. The van der Waals surface area contributed by atoms with Crippen LogP contribution in [0.25, 0.3) is 0 Å². The maximum atomic E-state index is 11.7. The van der Waals surface area contributed by atoms with Crippen molar-refractivity contribution in [2.24, 2.45) is 11.7 Å². The summed E-state index contributed by atoms with van der Waals surface area (Å²) in [5.41, 5.74) is 5.97. The average molecular weight is 196 g/mol. The molecular formula is C10H16N2O2. The Labute approximate surface area is 83.0 Å². The first kappa shape index (κ1) is 10.9. The third-order valence-corrected chi connectivity index (χ3v) is 2.14. The zero-order valence-corrected chi connectivity index (χ0v) is 8.31. The van der Waals surface area contributed by atoms with Crippen LogP contribution in [0.1, 0.15) is 12.5 Å². The molecule has 4 nitrogen and oxygen atoms in total. The number of nitrogens with two attached hydrogens (primary N) is 1. The second kappa shape index (κ2) is 4.93. The molecule has 0 fully saturated rings. The standard InChI is InChI=1S/C10H16N2O2/c1-8(7-13)6-12-4-2-3-9(5-11)10(12)14/h2-4,8,13H,5-7,11H2,1H3. The second-order valence-electron chi connectivity index (χ2n) is 3.48.